The molecule has 182 valence electrons. The minimum absolute atomic E-state index is 0. The Morgan fingerprint density at radius 2 is 1.91 bits per heavy atom. The van der Waals surface area contributed by atoms with E-state index in [2.05, 4.69) is 80.0 Å². The van der Waals surface area contributed by atoms with E-state index in [1.807, 2.05) is 37.8 Å². The van der Waals surface area contributed by atoms with Crippen molar-refractivity contribution in [3.8, 4) is 5.82 Å². The molecule has 1 aliphatic rings. The predicted octanol–water partition coefficient (Wildman–Crippen LogP) is 4.22. The van der Waals surface area contributed by atoms with Crippen LogP contribution in [0, 0.1) is 13.8 Å². The fourth-order valence-electron chi connectivity index (χ4n) is 4.49. The Bertz CT molecular complexity index is 1060. The van der Waals surface area contributed by atoms with Crippen LogP contribution in [0.15, 0.2) is 59.7 Å². The molecule has 0 spiro atoms. The normalized spacial score (nSPS) is 18.9. The highest BCUT2D eigenvalue weighted by Gasteiger charge is 2.25. The van der Waals surface area contributed by atoms with E-state index in [0.29, 0.717) is 18.6 Å². The van der Waals surface area contributed by atoms with Gasteiger partial charge in [-0.1, -0.05) is 36.4 Å². The first-order chi connectivity index (χ1) is 16.0. The monoisotopic (exact) mass is 573 g/mol. The average molecular weight is 574 g/mol. The number of nitrogens with zero attached hydrogens (tertiary/aromatic N) is 5. The second-order valence-electron chi connectivity index (χ2n) is 8.96. The van der Waals surface area contributed by atoms with E-state index in [0.717, 1.165) is 54.7 Å². The molecule has 2 N–H and O–H groups in total. The first-order valence-electron chi connectivity index (χ1n) is 11.8. The number of nitrogens with one attached hydrogen (secondary N) is 2. The Morgan fingerprint density at radius 3 is 2.53 bits per heavy atom. The summed E-state index contributed by atoms with van der Waals surface area (Å²) < 4.78 is 1.87. The molecule has 1 fully saturated rings. The number of halogens is 1. The van der Waals surface area contributed by atoms with Crippen LogP contribution in [0.1, 0.15) is 42.3 Å². The van der Waals surface area contributed by atoms with Gasteiger partial charge in [0.2, 0.25) is 0 Å². The number of aromatic nitrogens is 3. The van der Waals surface area contributed by atoms with Crippen LogP contribution in [-0.2, 0) is 13.1 Å². The van der Waals surface area contributed by atoms with E-state index in [1.165, 1.54) is 5.56 Å². The Labute approximate surface area is 220 Å². The predicted molar refractivity (Wildman–Crippen MR) is 149 cm³/mol. The first-order valence-corrected chi connectivity index (χ1v) is 11.8. The molecular formula is C26H36IN7. The summed E-state index contributed by atoms with van der Waals surface area (Å²) in [5, 5.41) is 11.6. The largest absolute Gasteiger partial charge is 0.354 e. The van der Waals surface area contributed by atoms with Crippen LogP contribution >= 0.6 is 24.0 Å². The number of hydrogen-bond acceptors (Lipinski definition) is 4. The van der Waals surface area contributed by atoms with Crippen LogP contribution in [-0.4, -0.2) is 51.3 Å². The molecule has 1 aliphatic heterocycles. The molecule has 2 atom stereocenters. The van der Waals surface area contributed by atoms with Gasteiger partial charge in [0, 0.05) is 50.7 Å². The van der Waals surface area contributed by atoms with E-state index in [1.54, 1.807) is 0 Å². The summed E-state index contributed by atoms with van der Waals surface area (Å²) in [5.41, 5.74) is 4.56. The summed E-state index contributed by atoms with van der Waals surface area (Å²) in [6, 6.07) is 17.8. The van der Waals surface area contributed by atoms with Crippen LogP contribution < -0.4 is 10.6 Å². The van der Waals surface area contributed by atoms with Crippen LogP contribution in [0.5, 0.6) is 0 Å². The highest BCUT2D eigenvalue weighted by molar-refractivity contribution is 14.0. The van der Waals surface area contributed by atoms with Gasteiger partial charge in [-0.3, -0.25) is 9.89 Å². The van der Waals surface area contributed by atoms with Crippen molar-refractivity contribution in [1.82, 2.24) is 30.3 Å². The van der Waals surface area contributed by atoms with Gasteiger partial charge in [-0.05, 0) is 56.9 Å². The van der Waals surface area contributed by atoms with E-state index >= 15 is 0 Å². The van der Waals surface area contributed by atoms with Crippen LogP contribution in [0.3, 0.4) is 0 Å². The molecule has 2 aromatic heterocycles. The second kappa shape index (κ2) is 12.3. The van der Waals surface area contributed by atoms with Crippen molar-refractivity contribution in [1.29, 1.82) is 0 Å². The maximum Gasteiger partial charge on any atom is 0.191 e. The van der Waals surface area contributed by atoms with Gasteiger partial charge in [0.1, 0.15) is 0 Å². The molecule has 1 saturated heterocycles. The number of aliphatic imine (C=N–C) groups is 1. The molecule has 8 heteroatoms. The molecule has 4 rings (SSSR count). The summed E-state index contributed by atoms with van der Waals surface area (Å²) in [6.07, 6.45) is 4.11. The minimum atomic E-state index is 0. The molecule has 0 amide bonds. The summed E-state index contributed by atoms with van der Waals surface area (Å²) in [5.74, 6) is 1.68. The van der Waals surface area contributed by atoms with E-state index in [9.17, 15) is 0 Å². The molecule has 34 heavy (non-hydrogen) atoms. The van der Waals surface area contributed by atoms with Crippen LogP contribution in [0.4, 0.5) is 0 Å². The number of benzene rings is 1. The van der Waals surface area contributed by atoms with Crippen molar-refractivity contribution in [2.45, 2.75) is 58.8 Å². The minimum Gasteiger partial charge on any atom is -0.354 e. The lowest BCUT2D eigenvalue weighted by Crippen LogP contribution is -2.51. The number of piperidine rings is 1. The zero-order chi connectivity index (χ0) is 23.2. The maximum absolute atomic E-state index is 4.59. The van der Waals surface area contributed by atoms with Crippen LogP contribution in [0.2, 0.25) is 0 Å². The molecule has 3 heterocycles. The Kier molecular flexibility index (Phi) is 9.46. The van der Waals surface area contributed by atoms with Crippen LogP contribution in [0.25, 0.3) is 5.82 Å². The Balaban J connectivity index is 0.00000324. The lowest BCUT2D eigenvalue weighted by Gasteiger charge is -2.38. The fraction of sp³-hybridized carbons (Fsp3) is 0.423. The average Bonchev–Trinajstić information content (AvgIpc) is 3.17. The number of hydrogen-bond donors (Lipinski definition) is 2. The van der Waals surface area contributed by atoms with E-state index in [4.69, 9.17) is 0 Å². The lowest BCUT2D eigenvalue weighted by molar-refractivity contribution is 0.134. The highest BCUT2D eigenvalue weighted by atomic mass is 127. The summed E-state index contributed by atoms with van der Waals surface area (Å²) in [4.78, 5) is 11.6. The van der Waals surface area contributed by atoms with Gasteiger partial charge in [-0.2, -0.15) is 5.10 Å². The third kappa shape index (κ3) is 6.79. The van der Waals surface area contributed by atoms with Gasteiger partial charge in [-0.25, -0.2) is 9.67 Å². The van der Waals surface area contributed by atoms with Crippen molar-refractivity contribution < 1.29 is 0 Å². The second-order valence-corrected chi connectivity index (χ2v) is 8.96. The Hall–Kier alpha value is -2.46. The zero-order valence-electron chi connectivity index (χ0n) is 20.5. The molecule has 0 bridgehead atoms. The zero-order valence-corrected chi connectivity index (χ0v) is 22.9. The molecule has 2 unspecified atom stereocenters. The van der Waals surface area contributed by atoms with Gasteiger partial charge in [-0.15, -0.1) is 24.0 Å². The third-order valence-corrected chi connectivity index (χ3v) is 6.30. The summed E-state index contributed by atoms with van der Waals surface area (Å²) in [7, 11) is 1.83. The van der Waals surface area contributed by atoms with Gasteiger partial charge in [0.05, 0.1) is 5.69 Å². The van der Waals surface area contributed by atoms with Gasteiger partial charge in [0.25, 0.3) is 0 Å². The lowest BCUT2D eigenvalue weighted by atomic mass is 9.97. The smallest absolute Gasteiger partial charge is 0.191 e. The van der Waals surface area contributed by atoms with E-state index < -0.39 is 0 Å². The number of rotatable bonds is 6. The molecule has 0 saturated carbocycles. The first kappa shape index (κ1) is 26.2. The topological polar surface area (TPSA) is 70.4 Å². The van der Waals surface area contributed by atoms with Crippen molar-refractivity contribution in [3.63, 3.8) is 0 Å². The van der Waals surface area contributed by atoms with Crippen molar-refractivity contribution >= 4 is 29.9 Å². The summed E-state index contributed by atoms with van der Waals surface area (Å²) >= 11 is 0. The molecular weight excluding hydrogens is 537 g/mol. The SMILES string of the molecule is CN=C(NCc1ccc(-n2nc(C)cc2C)nc1)NC1CCN(Cc2ccccc2)C(C)C1.I. The molecule has 0 aliphatic carbocycles. The fourth-order valence-corrected chi connectivity index (χ4v) is 4.49. The summed E-state index contributed by atoms with van der Waals surface area (Å²) in [6.45, 7) is 9.13. The third-order valence-electron chi connectivity index (χ3n) is 6.30. The van der Waals surface area contributed by atoms with Gasteiger partial charge < -0.3 is 10.6 Å². The number of aryl methyl sites for hydroxylation is 2. The standard InChI is InChI=1S/C26H35N7.HI/c1-19-14-21(3)33(31-19)25-11-10-23(16-28-25)17-29-26(27-4)30-24-12-13-32(20(2)15-24)18-22-8-6-5-7-9-22;/h5-11,14,16,20,24H,12-13,15,17-18H2,1-4H3,(H2,27,29,30);1H. The molecule has 1 aromatic carbocycles. The maximum atomic E-state index is 4.59. The van der Waals surface area contributed by atoms with E-state index in [-0.39, 0.29) is 24.0 Å². The van der Waals surface area contributed by atoms with Gasteiger partial charge in [0.15, 0.2) is 11.8 Å². The number of guanidine groups is 1. The molecule has 3 aromatic rings. The Morgan fingerprint density at radius 1 is 1.12 bits per heavy atom. The molecule has 0 radical (unpaired) electrons. The number of likely N-dealkylation sites (tertiary alicyclic amines) is 1. The van der Waals surface area contributed by atoms with Crippen molar-refractivity contribution in [2.24, 2.45) is 4.99 Å². The van der Waals surface area contributed by atoms with Crippen molar-refractivity contribution in [2.75, 3.05) is 13.6 Å². The number of pyridine rings is 1. The van der Waals surface area contributed by atoms with Crippen molar-refractivity contribution in [3.05, 3.63) is 77.2 Å². The molecule has 7 nitrogen and oxygen atoms in total. The van der Waals surface area contributed by atoms with Gasteiger partial charge >= 0.3 is 0 Å². The quantitative estimate of drug-likeness (QED) is 0.263. The highest BCUT2D eigenvalue weighted by Crippen LogP contribution is 2.20.